The molecule has 7 nitrogen and oxygen atoms in total. The lowest BCUT2D eigenvalue weighted by Gasteiger charge is -2.24. The molecule has 2 rings (SSSR count). The number of benzene rings is 2. The third-order valence-corrected chi connectivity index (χ3v) is 4.71. The van der Waals surface area contributed by atoms with Crippen LogP contribution < -0.4 is 10.1 Å². The van der Waals surface area contributed by atoms with Gasteiger partial charge in [0.2, 0.25) is 0 Å². The Bertz CT molecular complexity index is 957. The number of hydrogen-bond acceptors (Lipinski definition) is 6. The lowest BCUT2D eigenvalue weighted by molar-refractivity contribution is -0.165. The molecule has 2 aromatic rings. The Kier molecular flexibility index (Phi) is 7.85. The van der Waals surface area contributed by atoms with Crippen LogP contribution in [0.15, 0.2) is 48.5 Å². The van der Waals surface area contributed by atoms with Crippen LogP contribution in [0.5, 0.6) is 5.75 Å². The average Bonchev–Trinajstić information content (AvgIpc) is 2.77. The topological polar surface area (TPSA) is 90.9 Å². The number of amides is 1. The van der Waals surface area contributed by atoms with Crippen LogP contribution >= 0.6 is 0 Å². The summed E-state index contributed by atoms with van der Waals surface area (Å²) in [6, 6.07) is 10.7. The molecule has 0 aliphatic heterocycles. The van der Waals surface area contributed by atoms with Crippen LogP contribution in [0.2, 0.25) is 0 Å². The summed E-state index contributed by atoms with van der Waals surface area (Å²) in [7, 11) is 2.60. The Labute approximate surface area is 182 Å². The van der Waals surface area contributed by atoms with E-state index in [4.69, 9.17) is 14.2 Å². The second kappa shape index (κ2) is 10.2. The summed E-state index contributed by atoms with van der Waals surface area (Å²) in [6.07, 6.45) is -5.73. The molecule has 32 heavy (non-hydrogen) atoms. The molecule has 0 radical (unpaired) electrons. The number of halogens is 3. The number of nitrogens with one attached hydrogen (secondary N) is 1. The minimum Gasteiger partial charge on any atom is -0.497 e. The summed E-state index contributed by atoms with van der Waals surface area (Å²) in [5, 5.41) is 2.26. The van der Waals surface area contributed by atoms with Crippen molar-refractivity contribution in [3.05, 3.63) is 65.2 Å². The number of esters is 2. The van der Waals surface area contributed by atoms with Crippen LogP contribution in [-0.4, -0.2) is 32.3 Å². The van der Waals surface area contributed by atoms with Gasteiger partial charge in [0.15, 0.2) is 5.41 Å². The van der Waals surface area contributed by atoms with E-state index in [0.717, 1.165) is 19.2 Å². The van der Waals surface area contributed by atoms with Gasteiger partial charge in [-0.2, -0.15) is 13.2 Å². The number of methoxy groups -OCH3 is 2. The maximum atomic E-state index is 12.6. The molecular weight excluding hydrogens is 431 g/mol. The third-order valence-electron chi connectivity index (χ3n) is 4.71. The fourth-order valence-electron chi connectivity index (χ4n) is 2.82. The Morgan fingerprint density at radius 3 is 1.94 bits per heavy atom. The van der Waals surface area contributed by atoms with Crippen molar-refractivity contribution in [3.63, 3.8) is 0 Å². The molecule has 0 aromatic heterocycles. The van der Waals surface area contributed by atoms with Gasteiger partial charge < -0.3 is 19.5 Å². The fourth-order valence-corrected chi connectivity index (χ4v) is 2.82. The zero-order valence-corrected chi connectivity index (χ0v) is 17.6. The third kappa shape index (κ3) is 6.22. The molecule has 0 saturated carbocycles. The maximum absolute atomic E-state index is 12.6. The van der Waals surface area contributed by atoms with Crippen LogP contribution in [0.1, 0.15) is 23.6 Å². The minimum absolute atomic E-state index is 0.102. The summed E-state index contributed by atoms with van der Waals surface area (Å²) >= 11 is 0. The molecule has 0 heterocycles. The molecule has 0 bridgehead atoms. The molecule has 0 aliphatic rings. The van der Waals surface area contributed by atoms with Crippen molar-refractivity contribution in [3.8, 4) is 5.75 Å². The first-order valence-corrected chi connectivity index (χ1v) is 9.37. The predicted molar refractivity (Wildman–Crippen MR) is 107 cm³/mol. The summed E-state index contributed by atoms with van der Waals surface area (Å²) in [5.41, 5.74) is -1.68. The highest BCUT2D eigenvalue weighted by molar-refractivity contribution is 6.03. The van der Waals surface area contributed by atoms with E-state index in [1.54, 1.807) is 24.3 Å². The Morgan fingerprint density at radius 1 is 0.875 bits per heavy atom. The largest absolute Gasteiger partial charge is 0.497 e. The highest BCUT2D eigenvalue weighted by Crippen LogP contribution is 2.29. The van der Waals surface area contributed by atoms with E-state index in [0.29, 0.717) is 16.9 Å². The summed E-state index contributed by atoms with van der Waals surface area (Å²) in [4.78, 5) is 37.0. The molecular formula is C22H22F3NO6. The smallest absolute Gasteiger partial charge is 0.416 e. The van der Waals surface area contributed by atoms with Crippen LogP contribution in [0.4, 0.5) is 18.0 Å². The van der Waals surface area contributed by atoms with E-state index in [-0.39, 0.29) is 13.0 Å². The number of hydrogen-bond donors (Lipinski definition) is 1. The summed E-state index contributed by atoms with van der Waals surface area (Å²) in [5.74, 6) is -1.45. The van der Waals surface area contributed by atoms with Crippen LogP contribution in [0, 0.1) is 5.41 Å². The molecule has 172 valence electrons. The van der Waals surface area contributed by atoms with Gasteiger partial charge >= 0.3 is 24.2 Å². The average molecular weight is 453 g/mol. The fraction of sp³-hybridized carbons (Fsp3) is 0.318. The molecule has 1 amide bonds. The quantitative estimate of drug-likeness (QED) is 0.505. The lowest BCUT2D eigenvalue weighted by Crippen LogP contribution is -2.43. The van der Waals surface area contributed by atoms with Crippen molar-refractivity contribution in [1.29, 1.82) is 0 Å². The van der Waals surface area contributed by atoms with Gasteiger partial charge in [-0.1, -0.05) is 24.3 Å². The van der Waals surface area contributed by atoms with E-state index in [2.05, 4.69) is 5.32 Å². The van der Waals surface area contributed by atoms with Crippen LogP contribution in [0.25, 0.3) is 0 Å². The van der Waals surface area contributed by atoms with E-state index >= 15 is 0 Å². The number of carbonyl (C=O) groups excluding carboxylic acids is 3. The van der Waals surface area contributed by atoms with Gasteiger partial charge in [0.25, 0.3) is 0 Å². The lowest BCUT2D eigenvalue weighted by atomic mass is 9.83. The Morgan fingerprint density at radius 2 is 1.44 bits per heavy atom. The van der Waals surface area contributed by atoms with E-state index in [9.17, 15) is 27.6 Å². The first-order chi connectivity index (χ1) is 15.0. The molecule has 1 atom stereocenters. The molecule has 10 heteroatoms. The van der Waals surface area contributed by atoms with Crippen LogP contribution in [0.3, 0.4) is 0 Å². The molecule has 1 unspecified atom stereocenters. The molecule has 0 fully saturated rings. The van der Waals surface area contributed by atoms with Gasteiger partial charge in [-0.25, -0.2) is 4.79 Å². The van der Waals surface area contributed by atoms with Crippen molar-refractivity contribution in [1.82, 2.24) is 5.32 Å². The van der Waals surface area contributed by atoms with Crippen molar-refractivity contribution < 1.29 is 41.8 Å². The van der Waals surface area contributed by atoms with Gasteiger partial charge in [-0.15, -0.1) is 0 Å². The second-order valence-corrected chi connectivity index (χ2v) is 7.07. The number of alkyl halides is 3. The molecule has 0 spiro atoms. The number of ether oxygens (including phenoxy) is 3. The van der Waals surface area contributed by atoms with Gasteiger partial charge in [0.1, 0.15) is 5.75 Å². The van der Waals surface area contributed by atoms with E-state index in [1.165, 1.54) is 26.2 Å². The number of rotatable bonds is 7. The zero-order valence-electron chi connectivity index (χ0n) is 17.6. The highest BCUT2D eigenvalue weighted by Gasteiger charge is 2.45. The van der Waals surface area contributed by atoms with E-state index in [1.807, 2.05) is 0 Å². The van der Waals surface area contributed by atoms with Gasteiger partial charge in [0, 0.05) is 6.54 Å². The highest BCUT2D eigenvalue weighted by atomic mass is 19.4. The van der Waals surface area contributed by atoms with Crippen molar-refractivity contribution >= 4 is 18.0 Å². The molecule has 0 aliphatic carbocycles. The maximum Gasteiger partial charge on any atom is 0.416 e. The standard InChI is InChI=1S/C22H22F3NO6/c1-21(18(27)31-3,12-14-6-10-17(30-2)11-7-14)19(28)32-20(29)26-13-15-4-8-16(9-5-15)22(23,24)25/h4-11H,12-13H2,1-3H3,(H,26,29). The zero-order chi connectivity index (χ0) is 23.9. The number of alkyl carbamates (subject to hydrolysis) is 1. The van der Waals surface area contributed by atoms with Crippen LogP contribution in [-0.2, 0) is 38.2 Å². The minimum atomic E-state index is -4.47. The van der Waals surface area contributed by atoms with Crippen molar-refractivity contribution in [2.45, 2.75) is 26.1 Å². The van der Waals surface area contributed by atoms with Gasteiger partial charge in [-0.3, -0.25) is 9.59 Å². The normalized spacial score (nSPS) is 12.9. The van der Waals surface area contributed by atoms with Gasteiger partial charge in [-0.05, 0) is 48.7 Å². The Hall–Kier alpha value is -3.56. The first kappa shape index (κ1) is 24.7. The molecule has 2 aromatic carbocycles. The summed E-state index contributed by atoms with van der Waals surface area (Å²) < 4.78 is 52.4. The second-order valence-electron chi connectivity index (χ2n) is 7.07. The Balaban J connectivity index is 2.03. The van der Waals surface area contributed by atoms with E-state index < -0.39 is 35.2 Å². The predicted octanol–water partition coefficient (Wildman–Crippen LogP) is 3.89. The molecule has 1 N–H and O–H groups in total. The summed E-state index contributed by atoms with van der Waals surface area (Å²) in [6.45, 7) is 1.10. The number of carbonyl (C=O) groups is 3. The monoisotopic (exact) mass is 453 g/mol. The van der Waals surface area contributed by atoms with Crippen molar-refractivity contribution in [2.24, 2.45) is 5.41 Å². The van der Waals surface area contributed by atoms with Crippen molar-refractivity contribution in [2.75, 3.05) is 14.2 Å². The first-order valence-electron chi connectivity index (χ1n) is 9.37. The molecule has 0 saturated heterocycles. The van der Waals surface area contributed by atoms with Gasteiger partial charge in [0.05, 0.1) is 19.8 Å². The SMILES string of the molecule is COC(=O)C(C)(Cc1ccc(OC)cc1)C(=O)OC(=O)NCc1ccc(C(F)(F)F)cc1.